The Labute approximate surface area is 236 Å². The number of anilines is 2. The van der Waals surface area contributed by atoms with Crippen molar-refractivity contribution < 1.29 is 23.9 Å². The highest BCUT2D eigenvalue weighted by atomic mass is 32.2. The first kappa shape index (κ1) is 35.1. The lowest BCUT2D eigenvalue weighted by molar-refractivity contribution is -0.119. The van der Waals surface area contributed by atoms with Crippen LogP contribution in [0.1, 0.15) is 69.2 Å². The summed E-state index contributed by atoms with van der Waals surface area (Å²) in [5.74, 6) is -1.86. The summed E-state index contributed by atoms with van der Waals surface area (Å²) in [5, 5.41) is 2.48. The van der Waals surface area contributed by atoms with Gasteiger partial charge < -0.3 is 14.2 Å². The molecular weight excluding hydrogens is 516 g/mol. The number of esters is 2. The number of benzene rings is 2. The first-order chi connectivity index (χ1) is 19.0. The third-order valence-electron chi connectivity index (χ3n) is 4.24. The maximum absolute atomic E-state index is 12.3. The van der Waals surface area contributed by atoms with Crippen molar-refractivity contribution >= 4 is 41.4 Å². The summed E-state index contributed by atoms with van der Waals surface area (Å²) in [6, 6.07) is 15.7. The predicted octanol–water partition coefficient (Wildman–Crippen LogP) is 6.88. The van der Waals surface area contributed by atoms with Gasteiger partial charge in [0.05, 0.1) is 17.9 Å². The van der Waals surface area contributed by atoms with Crippen molar-refractivity contribution in [2.24, 2.45) is 0 Å². The van der Waals surface area contributed by atoms with E-state index < -0.39 is 24.5 Å². The maximum atomic E-state index is 12.3. The molecule has 0 aliphatic heterocycles. The van der Waals surface area contributed by atoms with Crippen LogP contribution in [-0.2, 0) is 14.3 Å². The lowest BCUT2D eigenvalue weighted by atomic mass is 10.1. The zero-order valence-electron chi connectivity index (χ0n) is 24.0. The topological polar surface area (TPSA) is 120 Å². The zero-order chi connectivity index (χ0) is 29.6. The molecule has 9 nitrogen and oxygen atoms in total. The first-order valence-corrected chi connectivity index (χ1v) is 14.2. The largest absolute Gasteiger partial charge is 0.462 e. The molecule has 0 aliphatic rings. The summed E-state index contributed by atoms with van der Waals surface area (Å²) in [5.41, 5.74) is 2.19. The van der Waals surface area contributed by atoms with Crippen LogP contribution < -0.4 is 10.0 Å². The van der Waals surface area contributed by atoms with Crippen molar-refractivity contribution in [2.75, 3.05) is 29.5 Å². The van der Waals surface area contributed by atoms with Crippen LogP contribution in [0.15, 0.2) is 60.8 Å². The van der Waals surface area contributed by atoms with E-state index in [0.717, 1.165) is 5.69 Å². The fraction of sp³-hybridized carbons (Fsp3) is 0.345. The molecule has 3 rings (SSSR count). The molecule has 39 heavy (non-hydrogen) atoms. The zero-order valence-corrected chi connectivity index (χ0v) is 24.8. The second-order valence-electron chi connectivity index (χ2n) is 6.55. The molecule has 212 valence electrons. The van der Waals surface area contributed by atoms with Crippen LogP contribution in [0.5, 0.6) is 0 Å². The van der Waals surface area contributed by atoms with Crippen LogP contribution in [0.25, 0.3) is 11.3 Å². The van der Waals surface area contributed by atoms with Crippen molar-refractivity contribution in [3.63, 3.8) is 0 Å². The Morgan fingerprint density at radius 3 is 2.15 bits per heavy atom. The van der Waals surface area contributed by atoms with Gasteiger partial charge >= 0.3 is 11.9 Å². The Morgan fingerprint density at radius 1 is 0.872 bits per heavy atom. The molecule has 1 amide bonds. The number of carbonyl (C=O) groups is 3. The molecule has 0 radical (unpaired) electrons. The number of aromatic nitrogens is 2. The van der Waals surface area contributed by atoms with Crippen molar-refractivity contribution in [3.05, 3.63) is 71.9 Å². The van der Waals surface area contributed by atoms with E-state index in [1.165, 1.54) is 18.1 Å². The Balaban J connectivity index is 0.00000225. The van der Waals surface area contributed by atoms with Gasteiger partial charge in [-0.3, -0.25) is 10.1 Å². The summed E-state index contributed by atoms with van der Waals surface area (Å²) in [4.78, 5) is 45.2. The quantitative estimate of drug-likeness (QED) is 0.214. The minimum absolute atomic E-state index is 0.0332. The number of rotatable bonds is 9. The Kier molecular flexibility index (Phi) is 18.9. The van der Waals surface area contributed by atoms with Crippen LogP contribution >= 0.6 is 11.9 Å². The van der Waals surface area contributed by atoms with E-state index in [1.54, 1.807) is 49.4 Å². The number of hydrogen-bond donors (Lipinski definition) is 2. The number of amides is 1. The molecule has 0 atom stereocenters. The smallest absolute Gasteiger partial charge is 0.341 e. The average Bonchev–Trinajstić information content (AvgIpc) is 3.00. The molecule has 0 saturated heterocycles. The Morgan fingerprint density at radius 2 is 1.54 bits per heavy atom. The Bertz CT molecular complexity index is 1140. The van der Waals surface area contributed by atoms with Crippen molar-refractivity contribution in [2.45, 2.75) is 48.5 Å². The van der Waals surface area contributed by atoms with Crippen LogP contribution in [0, 0.1) is 0 Å². The Hall–Kier alpha value is -3.92. The van der Waals surface area contributed by atoms with Gasteiger partial charge in [-0.15, -0.1) is 0 Å². The van der Waals surface area contributed by atoms with Gasteiger partial charge in [0.15, 0.2) is 6.61 Å². The van der Waals surface area contributed by atoms with Crippen molar-refractivity contribution in [1.29, 1.82) is 0 Å². The molecule has 1 heterocycles. The number of nitrogens with one attached hydrogen (secondary N) is 2. The molecule has 0 bridgehead atoms. The van der Waals surface area contributed by atoms with E-state index in [4.69, 9.17) is 9.47 Å². The maximum Gasteiger partial charge on any atom is 0.341 e. The summed E-state index contributed by atoms with van der Waals surface area (Å²) in [6.07, 6.45) is 3.15. The molecule has 0 spiro atoms. The number of hydrogen-bond acceptors (Lipinski definition) is 9. The second kappa shape index (κ2) is 21.1. The van der Waals surface area contributed by atoms with Gasteiger partial charge in [0, 0.05) is 23.7 Å². The highest BCUT2D eigenvalue weighted by molar-refractivity contribution is 7.99. The van der Waals surface area contributed by atoms with Crippen molar-refractivity contribution in [3.8, 4) is 11.3 Å². The lowest BCUT2D eigenvalue weighted by Gasteiger charge is -2.11. The third kappa shape index (κ3) is 12.0. The molecule has 3 aromatic rings. The lowest BCUT2D eigenvalue weighted by Crippen LogP contribution is -2.22. The molecule has 1 aromatic heterocycles. The van der Waals surface area contributed by atoms with Gasteiger partial charge in [-0.05, 0) is 25.1 Å². The predicted molar refractivity (Wildman–Crippen MR) is 160 cm³/mol. The SMILES string of the molecule is CC.CC.CC.CCOC(=O)c1cnc(NC(=O)COC(=O)c2cccc(NSC)c2)nc1-c1ccccc1. The first-order valence-electron chi connectivity index (χ1n) is 13.0. The second-order valence-corrected chi connectivity index (χ2v) is 7.17. The van der Waals surface area contributed by atoms with E-state index in [0.29, 0.717) is 16.8 Å². The highest BCUT2D eigenvalue weighted by Gasteiger charge is 2.18. The van der Waals surface area contributed by atoms with Crippen LogP contribution in [0.3, 0.4) is 0 Å². The van der Waals surface area contributed by atoms with E-state index in [9.17, 15) is 14.4 Å². The van der Waals surface area contributed by atoms with Gasteiger partial charge in [0.2, 0.25) is 5.95 Å². The van der Waals surface area contributed by atoms with Gasteiger partial charge in [0.1, 0.15) is 5.56 Å². The van der Waals surface area contributed by atoms with Crippen LogP contribution in [-0.4, -0.2) is 47.3 Å². The standard InChI is InChI=1S/C23H22N4O5S.3C2H6/c1-3-31-22(30)18-13-24-23(26-20(18)15-8-5-4-6-9-15)25-19(28)14-32-21(29)16-10-7-11-17(12-16)27-33-2;3*1-2/h4-13,27H,3,14H2,1-2H3,(H,24,25,26,28);3*1-2H3. The molecule has 10 heteroatoms. The molecule has 0 aliphatic carbocycles. The van der Waals surface area contributed by atoms with Gasteiger partial charge in [-0.1, -0.05) is 89.9 Å². The monoisotopic (exact) mass is 556 g/mol. The number of nitrogens with zero attached hydrogens (tertiary/aromatic N) is 2. The summed E-state index contributed by atoms with van der Waals surface area (Å²) >= 11 is 1.39. The summed E-state index contributed by atoms with van der Waals surface area (Å²) in [6.45, 7) is 13.4. The molecule has 0 saturated carbocycles. The fourth-order valence-corrected chi connectivity index (χ4v) is 3.18. The van der Waals surface area contributed by atoms with Crippen LogP contribution in [0.4, 0.5) is 11.6 Å². The summed E-state index contributed by atoms with van der Waals surface area (Å²) < 4.78 is 13.2. The van der Waals surface area contributed by atoms with E-state index in [-0.39, 0.29) is 18.1 Å². The molecular formula is C29H40N4O5S. The minimum atomic E-state index is -0.640. The minimum Gasteiger partial charge on any atom is -0.462 e. The normalized spacial score (nSPS) is 9.13. The molecule has 2 aromatic carbocycles. The molecule has 0 unspecified atom stereocenters. The number of carbonyl (C=O) groups excluding carboxylic acids is 3. The van der Waals surface area contributed by atoms with E-state index >= 15 is 0 Å². The molecule has 0 fully saturated rings. The van der Waals surface area contributed by atoms with E-state index in [1.807, 2.05) is 59.9 Å². The summed E-state index contributed by atoms with van der Waals surface area (Å²) in [7, 11) is 0. The highest BCUT2D eigenvalue weighted by Crippen LogP contribution is 2.23. The van der Waals surface area contributed by atoms with Gasteiger partial charge in [0.25, 0.3) is 5.91 Å². The average molecular weight is 557 g/mol. The van der Waals surface area contributed by atoms with Crippen molar-refractivity contribution in [1.82, 2.24) is 9.97 Å². The fourth-order valence-electron chi connectivity index (χ4n) is 2.82. The van der Waals surface area contributed by atoms with Gasteiger partial charge in [-0.25, -0.2) is 19.6 Å². The van der Waals surface area contributed by atoms with Crippen LogP contribution in [0.2, 0.25) is 0 Å². The van der Waals surface area contributed by atoms with E-state index in [2.05, 4.69) is 20.0 Å². The molecule has 2 N–H and O–H groups in total. The number of ether oxygens (including phenoxy) is 2. The third-order valence-corrected chi connectivity index (χ3v) is 4.67. The van der Waals surface area contributed by atoms with Gasteiger partial charge in [-0.2, -0.15) is 0 Å².